The van der Waals surface area contributed by atoms with E-state index in [0.29, 0.717) is 17.8 Å². The molecule has 15 heavy (non-hydrogen) atoms. The molecule has 4 atom stereocenters. The summed E-state index contributed by atoms with van der Waals surface area (Å²) in [6.07, 6.45) is 5.60. The third-order valence-electron chi connectivity index (χ3n) is 3.53. The van der Waals surface area contributed by atoms with Gasteiger partial charge in [-0.2, -0.15) is 0 Å². The normalized spacial score (nSPS) is 38.4. The van der Waals surface area contributed by atoms with Gasteiger partial charge in [0.2, 0.25) is 0 Å². The van der Waals surface area contributed by atoms with E-state index in [2.05, 4.69) is 19.1 Å². The van der Waals surface area contributed by atoms with Crippen LogP contribution in [0, 0.1) is 23.7 Å². The average Bonchev–Trinajstić information content (AvgIpc) is 2.59. The first kappa shape index (κ1) is 10.7. The number of fused-ring (bicyclic) bond motifs is 2. The molecule has 0 aromatic carbocycles. The van der Waals surface area contributed by atoms with Crippen LogP contribution >= 0.6 is 0 Å². The Kier molecular flexibility index (Phi) is 2.40. The molecule has 84 valence electrons. The van der Waals surface area contributed by atoms with Crippen molar-refractivity contribution in [2.24, 2.45) is 23.7 Å². The number of hydrogen-bond donors (Lipinski definition) is 0. The summed E-state index contributed by atoms with van der Waals surface area (Å²) < 4.78 is 5.47. The van der Waals surface area contributed by atoms with E-state index >= 15 is 0 Å². The molecule has 2 aliphatic carbocycles. The summed E-state index contributed by atoms with van der Waals surface area (Å²) >= 11 is 0. The van der Waals surface area contributed by atoms with Crippen LogP contribution < -0.4 is 0 Å². The summed E-state index contributed by atoms with van der Waals surface area (Å²) in [4.78, 5) is 12.0. The first-order chi connectivity index (χ1) is 6.88. The van der Waals surface area contributed by atoms with Crippen LogP contribution in [0.2, 0.25) is 0 Å². The number of hydrogen-bond acceptors (Lipinski definition) is 2. The summed E-state index contributed by atoms with van der Waals surface area (Å²) in [6, 6.07) is 0. The van der Waals surface area contributed by atoms with Crippen LogP contribution in [-0.2, 0) is 9.53 Å². The van der Waals surface area contributed by atoms with E-state index in [1.165, 1.54) is 0 Å². The minimum Gasteiger partial charge on any atom is -0.460 e. The molecule has 0 aromatic heterocycles. The van der Waals surface area contributed by atoms with Gasteiger partial charge in [0.05, 0.1) is 5.92 Å². The maximum atomic E-state index is 12.0. The number of ether oxygens (including phenoxy) is 1. The van der Waals surface area contributed by atoms with Crippen LogP contribution in [0.25, 0.3) is 0 Å². The molecule has 0 heterocycles. The molecule has 1 fully saturated rings. The third-order valence-corrected chi connectivity index (χ3v) is 3.53. The predicted octanol–water partition coefficient (Wildman–Crippen LogP) is 2.79. The van der Waals surface area contributed by atoms with Crippen LogP contribution in [0.5, 0.6) is 0 Å². The van der Waals surface area contributed by atoms with Gasteiger partial charge < -0.3 is 4.74 Å². The lowest BCUT2D eigenvalue weighted by Crippen LogP contribution is -2.33. The molecule has 2 heteroatoms. The maximum absolute atomic E-state index is 12.0. The van der Waals surface area contributed by atoms with E-state index < -0.39 is 0 Å². The van der Waals surface area contributed by atoms with Gasteiger partial charge in [-0.25, -0.2) is 0 Å². The van der Waals surface area contributed by atoms with Gasteiger partial charge in [0.15, 0.2) is 0 Å². The minimum absolute atomic E-state index is 0.00755. The van der Waals surface area contributed by atoms with Crippen molar-refractivity contribution in [3.05, 3.63) is 12.2 Å². The van der Waals surface area contributed by atoms with Crippen molar-refractivity contribution in [2.45, 2.75) is 39.7 Å². The number of esters is 1. The standard InChI is InChI=1S/C13H20O2/c1-8-9-5-6-10(7-9)11(8)12(14)15-13(2,3)4/h5-6,8-11H,7H2,1-4H3. The van der Waals surface area contributed by atoms with Crippen molar-refractivity contribution < 1.29 is 9.53 Å². The number of carbonyl (C=O) groups is 1. The molecule has 2 rings (SSSR count). The lowest BCUT2D eigenvalue weighted by Gasteiger charge is -2.27. The zero-order chi connectivity index (χ0) is 11.2. The number of rotatable bonds is 1. The molecule has 1 saturated carbocycles. The van der Waals surface area contributed by atoms with Crippen LogP contribution in [0.4, 0.5) is 0 Å². The highest BCUT2D eigenvalue weighted by Gasteiger charge is 2.47. The molecule has 0 aliphatic heterocycles. The Hall–Kier alpha value is -0.790. The summed E-state index contributed by atoms with van der Waals surface area (Å²) in [5.41, 5.74) is -0.359. The Labute approximate surface area is 91.7 Å². The molecule has 0 saturated heterocycles. The van der Waals surface area contributed by atoms with Gasteiger partial charge in [0.1, 0.15) is 5.60 Å². The van der Waals surface area contributed by atoms with Crippen LogP contribution in [-0.4, -0.2) is 11.6 Å². The average molecular weight is 208 g/mol. The van der Waals surface area contributed by atoms with Crippen LogP contribution in [0.1, 0.15) is 34.1 Å². The van der Waals surface area contributed by atoms with Crippen molar-refractivity contribution in [1.29, 1.82) is 0 Å². The van der Waals surface area contributed by atoms with Crippen molar-refractivity contribution in [2.75, 3.05) is 0 Å². The second kappa shape index (κ2) is 3.36. The highest BCUT2D eigenvalue weighted by atomic mass is 16.6. The summed E-state index contributed by atoms with van der Waals surface area (Å²) in [7, 11) is 0. The van der Waals surface area contributed by atoms with Crippen molar-refractivity contribution in [3.8, 4) is 0 Å². The monoisotopic (exact) mass is 208 g/mol. The summed E-state index contributed by atoms with van der Waals surface area (Å²) in [5, 5.41) is 0. The molecule has 2 nitrogen and oxygen atoms in total. The highest BCUT2D eigenvalue weighted by molar-refractivity contribution is 5.75. The largest absolute Gasteiger partial charge is 0.460 e. The van der Waals surface area contributed by atoms with Gasteiger partial charge in [-0.15, -0.1) is 0 Å². The Morgan fingerprint density at radius 2 is 1.87 bits per heavy atom. The van der Waals surface area contributed by atoms with Gasteiger partial charge in [-0.1, -0.05) is 19.1 Å². The first-order valence-electron chi connectivity index (χ1n) is 5.79. The van der Waals surface area contributed by atoms with Crippen molar-refractivity contribution >= 4 is 5.97 Å². The van der Waals surface area contributed by atoms with Gasteiger partial charge in [0.25, 0.3) is 0 Å². The predicted molar refractivity (Wildman–Crippen MR) is 59.2 cm³/mol. The fourth-order valence-electron chi connectivity index (χ4n) is 2.83. The number of allylic oxidation sites excluding steroid dienone is 2. The smallest absolute Gasteiger partial charge is 0.310 e. The fourth-order valence-corrected chi connectivity index (χ4v) is 2.83. The Morgan fingerprint density at radius 1 is 1.27 bits per heavy atom. The zero-order valence-corrected chi connectivity index (χ0v) is 9.99. The Morgan fingerprint density at radius 3 is 2.33 bits per heavy atom. The minimum atomic E-state index is -0.359. The van der Waals surface area contributed by atoms with Gasteiger partial charge in [-0.05, 0) is 44.9 Å². The Balaban J connectivity index is 2.06. The highest BCUT2D eigenvalue weighted by Crippen LogP contribution is 2.48. The van der Waals surface area contributed by atoms with Crippen molar-refractivity contribution in [3.63, 3.8) is 0 Å². The molecule has 2 bridgehead atoms. The third kappa shape index (κ3) is 1.95. The molecule has 0 amide bonds. The van der Waals surface area contributed by atoms with E-state index in [1.807, 2.05) is 20.8 Å². The van der Waals surface area contributed by atoms with Crippen LogP contribution in [0.3, 0.4) is 0 Å². The topological polar surface area (TPSA) is 26.3 Å². The molecule has 4 unspecified atom stereocenters. The van der Waals surface area contributed by atoms with E-state index in [9.17, 15) is 4.79 Å². The second-order valence-corrected chi connectivity index (χ2v) is 5.87. The van der Waals surface area contributed by atoms with Gasteiger partial charge in [0, 0.05) is 0 Å². The van der Waals surface area contributed by atoms with Crippen LogP contribution in [0.15, 0.2) is 12.2 Å². The summed E-state index contributed by atoms with van der Waals surface area (Å²) in [5.74, 6) is 1.58. The SMILES string of the molecule is CC1C2C=CC(C2)C1C(=O)OC(C)(C)C. The summed E-state index contributed by atoms with van der Waals surface area (Å²) in [6.45, 7) is 7.96. The van der Waals surface area contributed by atoms with Gasteiger partial charge in [-0.3, -0.25) is 4.79 Å². The van der Waals surface area contributed by atoms with E-state index in [1.54, 1.807) is 0 Å². The van der Waals surface area contributed by atoms with E-state index in [-0.39, 0.29) is 17.5 Å². The van der Waals surface area contributed by atoms with Gasteiger partial charge >= 0.3 is 5.97 Å². The zero-order valence-electron chi connectivity index (χ0n) is 9.99. The molecule has 0 aromatic rings. The maximum Gasteiger partial charge on any atom is 0.310 e. The molecule has 0 spiro atoms. The molecule has 2 aliphatic rings. The second-order valence-electron chi connectivity index (χ2n) is 5.87. The van der Waals surface area contributed by atoms with E-state index in [4.69, 9.17) is 4.74 Å². The molecule has 0 N–H and O–H groups in total. The lowest BCUT2D eigenvalue weighted by atomic mass is 9.84. The molecular weight excluding hydrogens is 188 g/mol. The fraction of sp³-hybridized carbons (Fsp3) is 0.769. The molecular formula is C13H20O2. The Bertz CT molecular complexity index is 298. The number of carbonyl (C=O) groups excluding carboxylic acids is 1. The quantitative estimate of drug-likeness (QED) is 0.489. The van der Waals surface area contributed by atoms with Crippen molar-refractivity contribution in [1.82, 2.24) is 0 Å². The lowest BCUT2D eigenvalue weighted by molar-refractivity contribution is -0.162. The first-order valence-corrected chi connectivity index (χ1v) is 5.79. The van der Waals surface area contributed by atoms with E-state index in [0.717, 1.165) is 6.42 Å². The molecule has 0 radical (unpaired) electrons.